The van der Waals surface area contributed by atoms with Crippen molar-refractivity contribution >= 4 is 17.7 Å². The highest BCUT2D eigenvalue weighted by molar-refractivity contribution is 6.09. The molecule has 0 saturated carbocycles. The predicted molar refractivity (Wildman–Crippen MR) is 67.3 cm³/mol. The number of carbonyl (C=O) groups excluding carboxylic acids is 1. The Morgan fingerprint density at radius 1 is 1.32 bits per heavy atom. The Kier molecular flexibility index (Phi) is 3.74. The van der Waals surface area contributed by atoms with Gasteiger partial charge in [-0.3, -0.25) is 4.79 Å². The third-order valence-electron chi connectivity index (χ3n) is 2.32. The van der Waals surface area contributed by atoms with Gasteiger partial charge >= 0.3 is 0 Å². The molecule has 5 heteroatoms. The number of para-hydroxylation sites is 1. The normalized spacial score (nSPS) is 10.8. The molecule has 0 saturated heterocycles. The van der Waals surface area contributed by atoms with Crippen molar-refractivity contribution in [2.24, 2.45) is 0 Å². The van der Waals surface area contributed by atoms with E-state index in [9.17, 15) is 9.18 Å². The number of nitrogens with one attached hydrogen (secondary N) is 1. The summed E-state index contributed by atoms with van der Waals surface area (Å²) < 4.78 is 18.4. The van der Waals surface area contributed by atoms with Crippen molar-refractivity contribution in [1.82, 2.24) is 0 Å². The smallest absolute Gasteiger partial charge is 0.266 e. The molecule has 0 aliphatic rings. The van der Waals surface area contributed by atoms with Gasteiger partial charge in [0.25, 0.3) is 5.91 Å². The van der Waals surface area contributed by atoms with Crippen molar-refractivity contribution in [2.75, 3.05) is 5.32 Å². The van der Waals surface area contributed by atoms with Crippen LogP contribution in [-0.4, -0.2) is 5.91 Å². The van der Waals surface area contributed by atoms with Gasteiger partial charge in [-0.05, 0) is 24.3 Å². The maximum absolute atomic E-state index is 13.4. The molecular weight excluding hydrogens is 247 g/mol. The molecule has 94 valence electrons. The topological polar surface area (TPSA) is 66.0 Å². The fraction of sp³-hybridized carbons (Fsp3) is 0. The molecule has 0 bridgehead atoms. The van der Waals surface area contributed by atoms with E-state index < -0.39 is 11.7 Å². The number of rotatable bonds is 3. The van der Waals surface area contributed by atoms with Gasteiger partial charge in [-0.1, -0.05) is 12.1 Å². The first-order valence-electron chi connectivity index (χ1n) is 5.42. The van der Waals surface area contributed by atoms with E-state index in [-0.39, 0.29) is 11.3 Å². The molecule has 1 heterocycles. The van der Waals surface area contributed by atoms with E-state index in [0.29, 0.717) is 5.76 Å². The minimum Gasteiger partial charge on any atom is -0.465 e. The number of carbonyl (C=O) groups is 1. The molecule has 1 aromatic carbocycles. The molecule has 0 spiro atoms. The number of nitriles is 1. The van der Waals surface area contributed by atoms with E-state index in [4.69, 9.17) is 9.68 Å². The highest BCUT2D eigenvalue weighted by Gasteiger charge is 2.12. The van der Waals surface area contributed by atoms with E-state index >= 15 is 0 Å². The number of benzene rings is 1. The number of hydrogen-bond donors (Lipinski definition) is 1. The molecule has 1 amide bonds. The van der Waals surface area contributed by atoms with Crippen LogP contribution in [0.25, 0.3) is 6.08 Å². The highest BCUT2D eigenvalue weighted by atomic mass is 19.1. The number of nitrogens with zero attached hydrogens (tertiary/aromatic N) is 1. The first-order valence-corrected chi connectivity index (χ1v) is 5.42. The molecule has 2 rings (SSSR count). The highest BCUT2D eigenvalue weighted by Crippen LogP contribution is 2.14. The molecule has 0 unspecified atom stereocenters. The fourth-order valence-electron chi connectivity index (χ4n) is 1.42. The summed E-state index contributed by atoms with van der Waals surface area (Å²) in [6, 6.07) is 10.7. The fourth-order valence-corrected chi connectivity index (χ4v) is 1.42. The SMILES string of the molecule is N#C/C(=C\c1ccco1)C(=O)Nc1ccccc1F. The second-order valence-corrected chi connectivity index (χ2v) is 3.62. The maximum atomic E-state index is 13.4. The lowest BCUT2D eigenvalue weighted by atomic mass is 10.2. The lowest BCUT2D eigenvalue weighted by molar-refractivity contribution is -0.112. The van der Waals surface area contributed by atoms with Crippen LogP contribution < -0.4 is 5.32 Å². The van der Waals surface area contributed by atoms with Crippen molar-refractivity contribution in [1.29, 1.82) is 5.26 Å². The van der Waals surface area contributed by atoms with E-state index in [2.05, 4.69) is 5.32 Å². The average molecular weight is 256 g/mol. The molecular formula is C14H9FN2O2. The van der Waals surface area contributed by atoms with Crippen LogP contribution in [0.15, 0.2) is 52.7 Å². The van der Waals surface area contributed by atoms with Crippen molar-refractivity contribution in [3.05, 3.63) is 59.8 Å². The van der Waals surface area contributed by atoms with E-state index in [1.165, 1.54) is 30.5 Å². The van der Waals surface area contributed by atoms with Crippen LogP contribution in [-0.2, 0) is 4.79 Å². The molecule has 2 aromatic rings. The zero-order chi connectivity index (χ0) is 13.7. The van der Waals surface area contributed by atoms with E-state index in [1.54, 1.807) is 24.3 Å². The Morgan fingerprint density at radius 2 is 2.11 bits per heavy atom. The van der Waals surface area contributed by atoms with Gasteiger partial charge in [-0.15, -0.1) is 0 Å². The Morgan fingerprint density at radius 3 is 2.74 bits per heavy atom. The van der Waals surface area contributed by atoms with Crippen LogP contribution in [0.3, 0.4) is 0 Å². The van der Waals surface area contributed by atoms with Gasteiger partial charge in [-0.2, -0.15) is 5.26 Å². The minimum atomic E-state index is -0.691. The molecule has 0 atom stereocenters. The molecule has 4 nitrogen and oxygen atoms in total. The van der Waals surface area contributed by atoms with Gasteiger partial charge in [0.05, 0.1) is 12.0 Å². The van der Waals surface area contributed by atoms with Gasteiger partial charge in [-0.25, -0.2) is 4.39 Å². The lowest BCUT2D eigenvalue weighted by Gasteiger charge is -2.04. The van der Waals surface area contributed by atoms with Crippen LogP contribution in [0.2, 0.25) is 0 Å². The molecule has 0 radical (unpaired) electrons. The monoisotopic (exact) mass is 256 g/mol. The number of halogens is 1. The average Bonchev–Trinajstić information content (AvgIpc) is 2.91. The van der Waals surface area contributed by atoms with Crippen molar-refractivity contribution in [2.45, 2.75) is 0 Å². The van der Waals surface area contributed by atoms with Gasteiger partial charge in [0.1, 0.15) is 23.2 Å². The summed E-state index contributed by atoms with van der Waals surface area (Å²) >= 11 is 0. The van der Waals surface area contributed by atoms with Crippen molar-refractivity contribution in [3.8, 4) is 6.07 Å². The molecule has 0 aliphatic carbocycles. The standard InChI is InChI=1S/C14H9FN2O2/c15-12-5-1-2-6-13(12)17-14(18)10(9-16)8-11-4-3-7-19-11/h1-8H,(H,17,18)/b10-8+. The minimum absolute atomic E-state index is 0.0214. The Labute approximate surface area is 108 Å². The van der Waals surface area contributed by atoms with Crippen molar-refractivity contribution in [3.63, 3.8) is 0 Å². The van der Waals surface area contributed by atoms with Crippen molar-refractivity contribution < 1.29 is 13.6 Å². The molecule has 1 aromatic heterocycles. The molecule has 1 N–H and O–H groups in total. The van der Waals surface area contributed by atoms with Crippen LogP contribution in [0.5, 0.6) is 0 Å². The number of amides is 1. The zero-order valence-electron chi connectivity index (χ0n) is 9.76. The van der Waals surface area contributed by atoms with E-state index in [1.807, 2.05) is 0 Å². The summed E-state index contributed by atoms with van der Waals surface area (Å²) in [7, 11) is 0. The third kappa shape index (κ3) is 3.07. The number of anilines is 1. The van der Waals surface area contributed by atoms with Gasteiger partial charge in [0.15, 0.2) is 0 Å². The van der Waals surface area contributed by atoms with Crippen LogP contribution in [0, 0.1) is 17.1 Å². The first kappa shape index (κ1) is 12.6. The summed E-state index contributed by atoms with van der Waals surface area (Å²) in [4.78, 5) is 11.8. The molecule has 0 fully saturated rings. The van der Waals surface area contributed by atoms with Gasteiger partial charge in [0, 0.05) is 6.08 Å². The predicted octanol–water partition coefficient (Wildman–Crippen LogP) is 2.96. The lowest BCUT2D eigenvalue weighted by Crippen LogP contribution is -2.14. The zero-order valence-corrected chi connectivity index (χ0v) is 9.76. The largest absolute Gasteiger partial charge is 0.465 e. The van der Waals surface area contributed by atoms with E-state index in [0.717, 1.165) is 0 Å². The summed E-state index contributed by atoms with van der Waals surface area (Å²) in [5.41, 5.74) is -0.147. The Bertz CT molecular complexity index is 654. The molecule has 19 heavy (non-hydrogen) atoms. The van der Waals surface area contributed by atoms with Gasteiger partial charge < -0.3 is 9.73 Å². The van der Waals surface area contributed by atoms with Crippen LogP contribution >= 0.6 is 0 Å². The Balaban J connectivity index is 2.19. The molecule has 0 aliphatic heterocycles. The number of furan rings is 1. The maximum Gasteiger partial charge on any atom is 0.266 e. The summed E-state index contributed by atoms with van der Waals surface area (Å²) in [6.45, 7) is 0. The summed E-state index contributed by atoms with van der Waals surface area (Å²) in [6.07, 6.45) is 2.71. The van der Waals surface area contributed by atoms with Gasteiger partial charge in [0.2, 0.25) is 0 Å². The Hall–Kier alpha value is -2.87. The number of hydrogen-bond acceptors (Lipinski definition) is 3. The first-order chi connectivity index (χ1) is 9.20. The van der Waals surface area contributed by atoms with Crippen LogP contribution in [0.1, 0.15) is 5.76 Å². The quantitative estimate of drug-likeness (QED) is 0.678. The van der Waals surface area contributed by atoms with Crippen LogP contribution in [0.4, 0.5) is 10.1 Å². The summed E-state index contributed by atoms with van der Waals surface area (Å²) in [5.74, 6) is -0.879. The summed E-state index contributed by atoms with van der Waals surface area (Å²) in [5, 5.41) is 11.3. The second kappa shape index (κ2) is 5.65. The third-order valence-corrected chi connectivity index (χ3v) is 2.32. The second-order valence-electron chi connectivity index (χ2n) is 3.62.